The van der Waals surface area contributed by atoms with Crippen LogP contribution >= 0.6 is 0 Å². The molecule has 0 aliphatic heterocycles. The fourth-order valence-electron chi connectivity index (χ4n) is 2.35. The predicted octanol–water partition coefficient (Wildman–Crippen LogP) is 2.36. The predicted molar refractivity (Wildman–Crippen MR) is 75.2 cm³/mol. The quantitative estimate of drug-likeness (QED) is 0.855. The fraction of sp³-hybridized carbons (Fsp3) is 0.643. The third-order valence-corrected chi connectivity index (χ3v) is 3.39. The summed E-state index contributed by atoms with van der Waals surface area (Å²) in [5.74, 6) is 0.625. The van der Waals surface area contributed by atoms with Crippen molar-refractivity contribution in [3.8, 4) is 0 Å². The highest BCUT2D eigenvalue weighted by Gasteiger charge is 2.14. The molecule has 1 aliphatic rings. The Morgan fingerprint density at radius 3 is 2.84 bits per heavy atom. The molecule has 1 aromatic heterocycles. The van der Waals surface area contributed by atoms with Gasteiger partial charge in [0.25, 0.3) is 5.91 Å². The molecule has 2 rings (SSSR count). The van der Waals surface area contributed by atoms with E-state index in [1.54, 1.807) is 6.07 Å². The van der Waals surface area contributed by atoms with Crippen LogP contribution in [0.3, 0.4) is 0 Å². The molecule has 1 heterocycles. The summed E-state index contributed by atoms with van der Waals surface area (Å²) in [5, 5.41) is 6.22. The standard InChI is InChI=1S/C14H22N4O/c1-2-8-15-14(19)12-9-13(17-10-16-12)18-11-6-4-3-5-7-11/h9-11H,2-8H2,1H3,(H,15,19)(H,16,17,18). The normalized spacial score (nSPS) is 16.1. The molecule has 0 unspecified atom stereocenters. The molecule has 19 heavy (non-hydrogen) atoms. The molecule has 2 N–H and O–H groups in total. The van der Waals surface area contributed by atoms with Gasteiger partial charge in [-0.2, -0.15) is 0 Å². The SMILES string of the molecule is CCCNC(=O)c1cc(NC2CCCCC2)ncn1. The van der Waals surface area contributed by atoms with Crippen LogP contribution in [0.1, 0.15) is 55.9 Å². The zero-order valence-corrected chi connectivity index (χ0v) is 11.5. The summed E-state index contributed by atoms with van der Waals surface area (Å²) in [6.07, 6.45) is 8.60. The molecule has 1 fully saturated rings. The number of rotatable bonds is 5. The van der Waals surface area contributed by atoms with Gasteiger partial charge in [-0.15, -0.1) is 0 Å². The summed E-state index contributed by atoms with van der Waals surface area (Å²) < 4.78 is 0. The number of nitrogens with zero attached hydrogens (tertiary/aromatic N) is 2. The van der Waals surface area contributed by atoms with Gasteiger partial charge in [-0.05, 0) is 19.3 Å². The van der Waals surface area contributed by atoms with Gasteiger partial charge in [0.1, 0.15) is 17.8 Å². The lowest BCUT2D eigenvalue weighted by atomic mass is 9.95. The summed E-state index contributed by atoms with van der Waals surface area (Å²) in [7, 11) is 0. The van der Waals surface area contributed by atoms with Crippen LogP contribution in [0.5, 0.6) is 0 Å². The van der Waals surface area contributed by atoms with Crippen molar-refractivity contribution in [1.29, 1.82) is 0 Å². The van der Waals surface area contributed by atoms with Crippen molar-refractivity contribution in [2.45, 2.75) is 51.5 Å². The lowest BCUT2D eigenvalue weighted by molar-refractivity contribution is 0.0948. The highest BCUT2D eigenvalue weighted by molar-refractivity contribution is 5.92. The van der Waals surface area contributed by atoms with Crippen LogP contribution < -0.4 is 10.6 Å². The molecule has 5 nitrogen and oxygen atoms in total. The first-order valence-electron chi connectivity index (χ1n) is 7.16. The molecular formula is C14H22N4O. The number of carbonyl (C=O) groups is 1. The Labute approximate surface area is 114 Å². The second-order valence-corrected chi connectivity index (χ2v) is 5.02. The van der Waals surface area contributed by atoms with Gasteiger partial charge in [0.05, 0.1) is 0 Å². The maximum atomic E-state index is 11.8. The minimum absolute atomic E-state index is 0.129. The zero-order valence-electron chi connectivity index (χ0n) is 11.5. The van der Waals surface area contributed by atoms with Gasteiger partial charge in [0, 0.05) is 18.7 Å². The van der Waals surface area contributed by atoms with Gasteiger partial charge >= 0.3 is 0 Å². The third kappa shape index (κ3) is 4.19. The molecule has 0 radical (unpaired) electrons. The number of hydrogen-bond acceptors (Lipinski definition) is 4. The number of anilines is 1. The van der Waals surface area contributed by atoms with Crippen LogP contribution in [0.25, 0.3) is 0 Å². The van der Waals surface area contributed by atoms with Crippen LogP contribution in [0.2, 0.25) is 0 Å². The van der Waals surface area contributed by atoms with Crippen LogP contribution in [-0.2, 0) is 0 Å². The Kier molecular flexibility index (Phi) is 5.12. The van der Waals surface area contributed by atoms with Gasteiger partial charge < -0.3 is 10.6 Å². The lowest BCUT2D eigenvalue weighted by Gasteiger charge is -2.23. The Hall–Kier alpha value is -1.65. The number of carbonyl (C=O) groups excluding carboxylic acids is 1. The molecular weight excluding hydrogens is 240 g/mol. The Morgan fingerprint density at radius 2 is 2.11 bits per heavy atom. The minimum atomic E-state index is -0.129. The summed E-state index contributed by atoms with van der Waals surface area (Å²) in [6, 6.07) is 2.22. The monoisotopic (exact) mass is 262 g/mol. The second-order valence-electron chi connectivity index (χ2n) is 5.02. The van der Waals surface area contributed by atoms with Crippen LogP contribution in [0.15, 0.2) is 12.4 Å². The molecule has 1 aromatic rings. The largest absolute Gasteiger partial charge is 0.367 e. The average molecular weight is 262 g/mol. The highest BCUT2D eigenvalue weighted by atomic mass is 16.1. The Morgan fingerprint density at radius 1 is 1.32 bits per heavy atom. The van der Waals surface area contributed by atoms with E-state index in [0.717, 1.165) is 12.2 Å². The van der Waals surface area contributed by atoms with E-state index in [0.29, 0.717) is 18.3 Å². The third-order valence-electron chi connectivity index (χ3n) is 3.39. The molecule has 0 spiro atoms. The molecule has 0 bridgehead atoms. The van der Waals surface area contributed by atoms with E-state index in [1.165, 1.54) is 38.4 Å². The number of nitrogens with one attached hydrogen (secondary N) is 2. The lowest BCUT2D eigenvalue weighted by Crippen LogP contribution is -2.26. The van der Waals surface area contributed by atoms with Crippen molar-refractivity contribution in [3.05, 3.63) is 18.1 Å². The highest BCUT2D eigenvalue weighted by Crippen LogP contribution is 2.20. The van der Waals surface area contributed by atoms with Crippen LogP contribution in [-0.4, -0.2) is 28.5 Å². The van der Waals surface area contributed by atoms with Gasteiger partial charge in [-0.3, -0.25) is 4.79 Å². The second kappa shape index (κ2) is 7.07. The summed E-state index contributed by atoms with van der Waals surface area (Å²) in [4.78, 5) is 20.0. The van der Waals surface area contributed by atoms with Crippen molar-refractivity contribution in [3.63, 3.8) is 0 Å². The van der Waals surface area contributed by atoms with Gasteiger partial charge in [0.15, 0.2) is 0 Å². The minimum Gasteiger partial charge on any atom is -0.367 e. The molecule has 0 saturated heterocycles. The molecule has 0 aromatic carbocycles. The number of amides is 1. The molecule has 1 saturated carbocycles. The van der Waals surface area contributed by atoms with E-state index in [4.69, 9.17) is 0 Å². The molecule has 104 valence electrons. The Bertz CT molecular complexity index is 416. The first kappa shape index (κ1) is 13.8. The average Bonchev–Trinajstić information content (AvgIpc) is 2.46. The molecule has 0 atom stereocenters. The maximum Gasteiger partial charge on any atom is 0.270 e. The van der Waals surface area contributed by atoms with E-state index in [1.807, 2.05) is 6.92 Å². The number of aromatic nitrogens is 2. The summed E-state index contributed by atoms with van der Waals surface area (Å²) >= 11 is 0. The van der Waals surface area contributed by atoms with E-state index in [9.17, 15) is 4.79 Å². The zero-order chi connectivity index (χ0) is 13.5. The van der Waals surface area contributed by atoms with Crippen molar-refractivity contribution in [2.24, 2.45) is 0 Å². The first-order valence-corrected chi connectivity index (χ1v) is 7.16. The van der Waals surface area contributed by atoms with E-state index < -0.39 is 0 Å². The molecule has 1 amide bonds. The smallest absolute Gasteiger partial charge is 0.270 e. The topological polar surface area (TPSA) is 66.9 Å². The first-order chi connectivity index (χ1) is 9.29. The number of hydrogen-bond donors (Lipinski definition) is 2. The fourth-order valence-corrected chi connectivity index (χ4v) is 2.35. The van der Waals surface area contributed by atoms with E-state index in [2.05, 4.69) is 20.6 Å². The van der Waals surface area contributed by atoms with Crippen molar-refractivity contribution in [1.82, 2.24) is 15.3 Å². The van der Waals surface area contributed by atoms with Crippen molar-refractivity contribution in [2.75, 3.05) is 11.9 Å². The molecule has 5 heteroatoms. The van der Waals surface area contributed by atoms with Crippen LogP contribution in [0.4, 0.5) is 5.82 Å². The molecule has 1 aliphatic carbocycles. The van der Waals surface area contributed by atoms with Crippen molar-refractivity contribution < 1.29 is 4.79 Å². The van der Waals surface area contributed by atoms with E-state index >= 15 is 0 Å². The maximum absolute atomic E-state index is 11.8. The van der Waals surface area contributed by atoms with Gasteiger partial charge in [0.2, 0.25) is 0 Å². The summed E-state index contributed by atoms with van der Waals surface area (Å²) in [5.41, 5.74) is 0.432. The Balaban J connectivity index is 1.95. The van der Waals surface area contributed by atoms with Crippen molar-refractivity contribution >= 4 is 11.7 Å². The van der Waals surface area contributed by atoms with Gasteiger partial charge in [-0.25, -0.2) is 9.97 Å². The van der Waals surface area contributed by atoms with E-state index in [-0.39, 0.29) is 5.91 Å². The summed E-state index contributed by atoms with van der Waals surface area (Å²) in [6.45, 7) is 2.70. The van der Waals surface area contributed by atoms with Gasteiger partial charge in [-0.1, -0.05) is 26.2 Å². The van der Waals surface area contributed by atoms with Crippen LogP contribution in [0, 0.1) is 0 Å².